The summed E-state index contributed by atoms with van der Waals surface area (Å²) in [4.78, 5) is 0. The number of aromatic nitrogens is 2. The fraction of sp³-hybridized carbons (Fsp3) is 0.571. The van der Waals surface area contributed by atoms with Crippen molar-refractivity contribution in [1.29, 1.82) is 0 Å². The summed E-state index contributed by atoms with van der Waals surface area (Å²) in [5.41, 5.74) is -0.802. The summed E-state index contributed by atoms with van der Waals surface area (Å²) < 4.78 is 37.3. The zero-order valence-corrected chi connectivity index (χ0v) is 6.52. The molecule has 1 heterocycles. The molecule has 1 aromatic heterocycles. The van der Waals surface area contributed by atoms with Crippen molar-refractivity contribution in [2.45, 2.75) is 26.1 Å². The van der Waals surface area contributed by atoms with E-state index in [0.29, 0.717) is 6.42 Å². The van der Waals surface area contributed by atoms with Gasteiger partial charge in [-0.25, -0.2) is 0 Å². The average Bonchev–Trinajstić information content (AvgIpc) is 2.34. The molecule has 0 saturated carbocycles. The SMILES string of the molecule is CCCn1nc[c]c1C(F)(F)F. The van der Waals surface area contributed by atoms with E-state index in [2.05, 4.69) is 11.2 Å². The number of hydrogen-bond donors (Lipinski definition) is 0. The molecule has 0 atom stereocenters. The molecule has 1 radical (unpaired) electrons. The van der Waals surface area contributed by atoms with E-state index in [4.69, 9.17) is 0 Å². The maximum absolute atomic E-state index is 12.1. The molecule has 0 aliphatic rings. The number of hydrogen-bond acceptors (Lipinski definition) is 1. The van der Waals surface area contributed by atoms with E-state index in [0.717, 1.165) is 10.9 Å². The zero-order valence-electron chi connectivity index (χ0n) is 6.52. The van der Waals surface area contributed by atoms with Gasteiger partial charge in [-0.15, -0.1) is 0 Å². The zero-order chi connectivity index (χ0) is 9.19. The molecule has 0 N–H and O–H groups in total. The topological polar surface area (TPSA) is 17.8 Å². The molecule has 1 aromatic rings. The predicted molar refractivity (Wildman–Crippen MR) is 36.4 cm³/mol. The summed E-state index contributed by atoms with van der Waals surface area (Å²) in [5.74, 6) is 0. The Kier molecular flexibility index (Phi) is 2.40. The fourth-order valence-corrected chi connectivity index (χ4v) is 0.901. The van der Waals surface area contributed by atoms with Gasteiger partial charge < -0.3 is 0 Å². The Morgan fingerprint density at radius 1 is 1.58 bits per heavy atom. The Hall–Kier alpha value is -1.00. The van der Waals surface area contributed by atoms with Crippen LogP contribution in [0.25, 0.3) is 0 Å². The van der Waals surface area contributed by atoms with E-state index in [1.165, 1.54) is 0 Å². The van der Waals surface area contributed by atoms with Gasteiger partial charge in [0.1, 0.15) is 0 Å². The van der Waals surface area contributed by atoms with E-state index < -0.39 is 11.9 Å². The largest absolute Gasteiger partial charge is 0.433 e. The lowest BCUT2D eigenvalue weighted by molar-refractivity contribution is -0.144. The van der Waals surface area contributed by atoms with Gasteiger partial charge in [-0.2, -0.15) is 18.3 Å². The minimum Gasteiger partial charge on any atom is -0.260 e. The van der Waals surface area contributed by atoms with Crippen molar-refractivity contribution in [2.75, 3.05) is 0 Å². The highest BCUT2D eigenvalue weighted by Gasteiger charge is 2.34. The first-order valence-corrected chi connectivity index (χ1v) is 3.56. The summed E-state index contributed by atoms with van der Waals surface area (Å²) in [6, 6.07) is 2.06. The Labute approximate surface area is 68.0 Å². The monoisotopic (exact) mass is 177 g/mol. The van der Waals surface area contributed by atoms with Gasteiger partial charge in [-0.1, -0.05) is 6.92 Å². The van der Waals surface area contributed by atoms with Gasteiger partial charge in [0.2, 0.25) is 0 Å². The molecule has 0 aromatic carbocycles. The van der Waals surface area contributed by atoms with Crippen molar-refractivity contribution in [2.24, 2.45) is 0 Å². The predicted octanol–water partition coefficient (Wildman–Crippen LogP) is 2.11. The smallest absolute Gasteiger partial charge is 0.260 e. The van der Waals surface area contributed by atoms with Crippen molar-refractivity contribution in [3.05, 3.63) is 18.0 Å². The van der Waals surface area contributed by atoms with Crippen molar-refractivity contribution < 1.29 is 13.2 Å². The van der Waals surface area contributed by atoms with Gasteiger partial charge >= 0.3 is 6.18 Å². The first kappa shape index (κ1) is 9.09. The van der Waals surface area contributed by atoms with Crippen LogP contribution >= 0.6 is 0 Å². The van der Waals surface area contributed by atoms with Crippen LogP contribution in [0.3, 0.4) is 0 Å². The second kappa shape index (κ2) is 3.16. The van der Waals surface area contributed by atoms with Gasteiger partial charge in [0.25, 0.3) is 0 Å². The van der Waals surface area contributed by atoms with Crippen molar-refractivity contribution >= 4 is 0 Å². The highest BCUT2D eigenvalue weighted by Crippen LogP contribution is 2.28. The van der Waals surface area contributed by atoms with E-state index in [9.17, 15) is 13.2 Å². The van der Waals surface area contributed by atoms with E-state index in [1.54, 1.807) is 6.92 Å². The number of nitrogens with zero attached hydrogens (tertiary/aromatic N) is 2. The van der Waals surface area contributed by atoms with Crippen LogP contribution in [0.5, 0.6) is 0 Å². The Balaban J connectivity index is 2.91. The molecule has 0 fully saturated rings. The van der Waals surface area contributed by atoms with Crippen LogP contribution in [-0.2, 0) is 12.7 Å². The molecule has 0 bridgehead atoms. The lowest BCUT2D eigenvalue weighted by atomic mass is 10.4. The number of aryl methyl sites for hydroxylation is 1. The molecule has 12 heavy (non-hydrogen) atoms. The third-order valence-electron chi connectivity index (χ3n) is 1.36. The van der Waals surface area contributed by atoms with Crippen molar-refractivity contribution in [3.63, 3.8) is 0 Å². The summed E-state index contributed by atoms with van der Waals surface area (Å²) in [7, 11) is 0. The van der Waals surface area contributed by atoms with Crippen LogP contribution in [0.2, 0.25) is 0 Å². The second-order valence-electron chi connectivity index (χ2n) is 2.36. The van der Waals surface area contributed by atoms with Crippen LogP contribution in [0.4, 0.5) is 13.2 Å². The Morgan fingerprint density at radius 3 is 2.75 bits per heavy atom. The van der Waals surface area contributed by atoms with E-state index in [1.807, 2.05) is 0 Å². The molecule has 1 rings (SSSR count). The third kappa shape index (κ3) is 1.78. The summed E-state index contributed by atoms with van der Waals surface area (Å²) in [5, 5.41) is 3.51. The van der Waals surface area contributed by atoms with Crippen molar-refractivity contribution in [3.8, 4) is 0 Å². The lowest BCUT2D eigenvalue weighted by Gasteiger charge is -2.08. The molecule has 0 aliphatic carbocycles. The molecule has 0 aliphatic heterocycles. The lowest BCUT2D eigenvalue weighted by Crippen LogP contribution is -2.14. The van der Waals surface area contributed by atoms with Gasteiger partial charge in [0.05, 0.1) is 6.20 Å². The molecule has 5 heteroatoms. The highest BCUT2D eigenvalue weighted by atomic mass is 19.4. The Bertz CT molecular complexity index is 251. The van der Waals surface area contributed by atoms with Crippen LogP contribution in [0, 0.1) is 6.07 Å². The quantitative estimate of drug-likeness (QED) is 0.676. The molecule has 0 unspecified atom stereocenters. The Morgan fingerprint density at radius 2 is 2.25 bits per heavy atom. The molecule has 0 saturated heterocycles. The maximum atomic E-state index is 12.1. The van der Waals surface area contributed by atoms with Crippen LogP contribution < -0.4 is 0 Å². The minimum absolute atomic E-state index is 0.276. The average molecular weight is 177 g/mol. The number of alkyl halides is 3. The van der Waals surface area contributed by atoms with Crippen LogP contribution in [0.15, 0.2) is 6.20 Å². The summed E-state index contributed by atoms with van der Waals surface area (Å²) in [6.45, 7) is 2.07. The van der Waals surface area contributed by atoms with E-state index in [-0.39, 0.29) is 6.54 Å². The molecule has 0 amide bonds. The molecular weight excluding hydrogens is 169 g/mol. The fourth-order valence-electron chi connectivity index (χ4n) is 0.901. The van der Waals surface area contributed by atoms with E-state index >= 15 is 0 Å². The van der Waals surface area contributed by atoms with Crippen molar-refractivity contribution in [1.82, 2.24) is 9.78 Å². The first-order chi connectivity index (χ1) is 5.55. The summed E-state index contributed by atoms with van der Waals surface area (Å²) in [6.07, 6.45) is -2.68. The first-order valence-electron chi connectivity index (χ1n) is 3.56. The maximum Gasteiger partial charge on any atom is 0.433 e. The van der Waals surface area contributed by atoms with Gasteiger partial charge in [0.15, 0.2) is 5.69 Å². The van der Waals surface area contributed by atoms with Gasteiger partial charge in [0, 0.05) is 12.6 Å². The molecule has 2 nitrogen and oxygen atoms in total. The molecular formula is C7H8F3N2. The molecule has 0 spiro atoms. The molecule has 67 valence electrons. The minimum atomic E-state index is -4.34. The van der Waals surface area contributed by atoms with Gasteiger partial charge in [-0.3, -0.25) is 4.68 Å². The third-order valence-corrected chi connectivity index (χ3v) is 1.36. The van der Waals surface area contributed by atoms with Gasteiger partial charge in [-0.05, 0) is 6.42 Å². The normalized spacial score (nSPS) is 12.0. The summed E-state index contributed by atoms with van der Waals surface area (Å²) >= 11 is 0. The highest BCUT2D eigenvalue weighted by molar-refractivity contribution is 5.02. The standard InChI is InChI=1S/C7H8F3N2/c1-2-5-12-6(3-4-11-12)7(8,9)10/h4H,2,5H2,1H3. The number of halogens is 3. The van der Waals surface area contributed by atoms with Crippen LogP contribution in [0.1, 0.15) is 19.0 Å². The number of rotatable bonds is 2. The second-order valence-corrected chi connectivity index (χ2v) is 2.36. The van der Waals surface area contributed by atoms with Crippen LogP contribution in [-0.4, -0.2) is 9.78 Å².